The summed E-state index contributed by atoms with van der Waals surface area (Å²) in [5, 5.41) is 6.74. The zero-order chi connectivity index (χ0) is 14.4. The molecule has 0 saturated heterocycles. The van der Waals surface area contributed by atoms with Crippen molar-refractivity contribution in [2.45, 2.75) is 44.8 Å². The van der Waals surface area contributed by atoms with Gasteiger partial charge in [-0.1, -0.05) is 24.4 Å². The predicted molar refractivity (Wildman–Crippen MR) is 81.3 cm³/mol. The zero-order valence-corrected chi connectivity index (χ0v) is 13.2. The second-order valence-electron chi connectivity index (χ2n) is 5.33. The summed E-state index contributed by atoms with van der Waals surface area (Å²) < 4.78 is 9.95. The highest BCUT2D eigenvalue weighted by Gasteiger charge is 2.25. The highest BCUT2D eigenvalue weighted by Crippen LogP contribution is 2.26. The molecule has 1 aromatic rings. The number of aromatic nitrogens is 1. The number of nitrogens with one attached hydrogen (secondary N) is 1. The molecule has 1 unspecified atom stereocenters. The van der Waals surface area contributed by atoms with E-state index < -0.39 is 0 Å². The standard InChI is InChI=1S/C14H23N3O3.ClH/c1-19-9-11-7-12(17-20-11)14(18)16-13(8-15)10-5-3-2-4-6-10;/h7,10,13H,2-6,8-9,15H2,1H3,(H,16,18);1H. The van der Waals surface area contributed by atoms with E-state index in [9.17, 15) is 4.79 Å². The van der Waals surface area contributed by atoms with Gasteiger partial charge in [0.25, 0.3) is 5.91 Å². The van der Waals surface area contributed by atoms with Gasteiger partial charge in [-0.25, -0.2) is 0 Å². The minimum absolute atomic E-state index is 0. The molecule has 0 aromatic carbocycles. The molecule has 1 aliphatic rings. The highest BCUT2D eigenvalue weighted by atomic mass is 35.5. The van der Waals surface area contributed by atoms with Crippen LogP contribution in [0.3, 0.4) is 0 Å². The molecule has 6 nitrogen and oxygen atoms in total. The average Bonchev–Trinajstić information content (AvgIpc) is 2.94. The average molecular weight is 318 g/mol. The SMILES string of the molecule is COCc1cc(C(=O)NC(CN)C2CCCCC2)no1.Cl. The topological polar surface area (TPSA) is 90.4 Å². The zero-order valence-electron chi connectivity index (χ0n) is 12.3. The van der Waals surface area contributed by atoms with E-state index in [2.05, 4.69) is 10.5 Å². The summed E-state index contributed by atoms with van der Waals surface area (Å²) in [7, 11) is 1.57. The van der Waals surface area contributed by atoms with E-state index in [4.69, 9.17) is 15.0 Å². The van der Waals surface area contributed by atoms with Gasteiger partial charge < -0.3 is 20.3 Å². The van der Waals surface area contributed by atoms with E-state index in [0.29, 0.717) is 24.8 Å². The Kier molecular flexibility index (Phi) is 7.71. The fourth-order valence-electron chi connectivity index (χ4n) is 2.78. The van der Waals surface area contributed by atoms with Crippen LogP contribution in [0.4, 0.5) is 0 Å². The van der Waals surface area contributed by atoms with E-state index in [1.165, 1.54) is 19.3 Å². The van der Waals surface area contributed by atoms with Crippen LogP contribution in [0.2, 0.25) is 0 Å². The van der Waals surface area contributed by atoms with Crippen LogP contribution in [0, 0.1) is 5.92 Å². The van der Waals surface area contributed by atoms with Crippen LogP contribution in [0.25, 0.3) is 0 Å². The van der Waals surface area contributed by atoms with Crippen molar-refractivity contribution in [2.24, 2.45) is 11.7 Å². The van der Waals surface area contributed by atoms with Crippen LogP contribution in [-0.2, 0) is 11.3 Å². The lowest BCUT2D eigenvalue weighted by Crippen LogP contribution is -2.46. The second kappa shape index (κ2) is 9.02. The van der Waals surface area contributed by atoms with Crippen molar-refractivity contribution < 1.29 is 14.1 Å². The Morgan fingerprint density at radius 2 is 2.24 bits per heavy atom. The van der Waals surface area contributed by atoms with Crippen molar-refractivity contribution in [3.05, 3.63) is 17.5 Å². The first kappa shape index (κ1) is 17.9. The smallest absolute Gasteiger partial charge is 0.273 e. The largest absolute Gasteiger partial charge is 0.377 e. The van der Waals surface area contributed by atoms with Gasteiger partial charge in [-0.2, -0.15) is 0 Å². The molecule has 1 heterocycles. The van der Waals surface area contributed by atoms with Crippen molar-refractivity contribution in [1.82, 2.24) is 10.5 Å². The first-order valence-corrected chi connectivity index (χ1v) is 7.20. The number of carbonyl (C=O) groups is 1. The van der Waals surface area contributed by atoms with Gasteiger partial charge in [0, 0.05) is 25.8 Å². The molecule has 1 aliphatic carbocycles. The Hall–Kier alpha value is -1.11. The number of nitrogens with zero attached hydrogens (tertiary/aromatic N) is 1. The predicted octanol–water partition coefficient (Wildman–Crippen LogP) is 1.88. The third-order valence-electron chi connectivity index (χ3n) is 3.87. The Morgan fingerprint density at radius 3 is 2.86 bits per heavy atom. The third kappa shape index (κ3) is 4.98. The van der Waals surface area contributed by atoms with Crippen molar-refractivity contribution in [2.75, 3.05) is 13.7 Å². The number of nitrogens with two attached hydrogens (primary N) is 1. The maximum Gasteiger partial charge on any atom is 0.273 e. The summed E-state index contributed by atoms with van der Waals surface area (Å²) in [6.45, 7) is 0.766. The van der Waals surface area contributed by atoms with Crippen molar-refractivity contribution in [3.8, 4) is 0 Å². The number of amides is 1. The van der Waals surface area contributed by atoms with Crippen LogP contribution in [0.5, 0.6) is 0 Å². The summed E-state index contributed by atoms with van der Waals surface area (Å²) in [6.07, 6.45) is 6.00. The molecule has 120 valence electrons. The van der Waals surface area contributed by atoms with E-state index >= 15 is 0 Å². The molecule has 0 aliphatic heterocycles. The van der Waals surface area contributed by atoms with Crippen LogP contribution in [0.1, 0.15) is 48.4 Å². The van der Waals surface area contributed by atoms with E-state index in [0.717, 1.165) is 12.8 Å². The van der Waals surface area contributed by atoms with Gasteiger partial charge in [0.2, 0.25) is 0 Å². The second-order valence-corrected chi connectivity index (χ2v) is 5.33. The number of rotatable bonds is 6. The normalized spacial score (nSPS) is 17.0. The van der Waals surface area contributed by atoms with E-state index in [1.807, 2.05) is 0 Å². The van der Waals surface area contributed by atoms with E-state index in [1.54, 1.807) is 13.2 Å². The fraction of sp³-hybridized carbons (Fsp3) is 0.714. The van der Waals surface area contributed by atoms with Crippen LogP contribution in [-0.4, -0.2) is 30.8 Å². The first-order valence-electron chi connectivity index (χ1n) is 7.20. The molecule has 3 N–H and O–H groups in total. The molecule has 0 bridgehead atoms. The third-order valence-corrected chi connectivity index (χ3v) is 3.87. The summed E-state index contributed by atoms with van der Waals surface area (Å²) in [5.74, 6) is 0.791. The number of ether oxygens (including phenoxy) is 1. The molecule has 21 heavy (non-hydrogen) atoms. The molecular weight excluding hydrogens is 294 g/mol. The van der Waals surface area contributed by atoms with Crippen LogP contribution in [0.15, 0.2) is 10.6 Å². The Balaban J connectivity index is 0.00000220. The lowest BCUT2D eigenvalue weighted by atomic mass is 9.84. The molecule has 1 fully saturated rings. The first-order chi connectivity index (χ1) is 9.74. The van der Waals surface area contributed by atoms with Crippen LogP contribution < -0.4 is 11.1 Å². The number of hydrogen-bond donors (Lipinski definition) is 2. The lowest BCUT2D eigenvalue weighted by Gasteiger charge is -2.29. The summed E-state index contributed by atoms with van der Waals surface area (Å²) in [4.78, 5) is 12.1. The minimum Gasteiger partial charge on any atom is -0.377 e. The van der Waals surface area contributed by atoms with E-state index in [-0.39, 0.29) is 30.0 Å². The molecule has 1 saturated carbocycles. The van der Waals surface area contributed by atoms with Gasteiger partial charge >= 0.3 is 0 Å². The Labute approximate surface area is 131 Å². The highest BCUT2D eigenvalue weighted by molar-refractivity contribution is 5.92. The van der Waals surface area contributed by atoms with Crippen molar-refractivity contribution >= 4 is 18.3 Å². The molecule has 0 spiro atoms. The van der Waals surface area contributed by atoms with Gasteiger partial charge in [0.1, 0.15) is 6.61 Å². The van der Waals surface area contributed by atoms with Gasteiger partial charge in [-0.15, -0.1) is 12.4 Å². The number of hydrogen-bond acceptors (Lipinski definition) is 5. The quantitative estimate of drug-likeness (QED) is 0.836. The fourth-order valence-corrected chi connectivity index (χ4v) is 2.78. The number of carbonyl (C=O) groups excluding carboxylic acids is 1. The molecule has 1 atom stereocenters. The molecular formula is C14H24ClN3O3. The molecule has 1 amide bonds. The summed E-state index contributed by atoms with van der Waals surface area (Å²) in [5.41, 5.74) is 6.09. The maximum atomic E-state index is 12.1. The molecule has 2 rings (SSSR count). The molecule has 1 aromatic heterocycles. The summed E-state index contributed by atoms with van der Waals surface area (Å²) in [6, 6.07) is 1.62. The number of methoxy groups -OCH3 is 1. The van der Waals surface area contributed by atoms with Crippen molar-refractivity contribution in [3.63, 3.8) is 0 Å². The molecule has 7 heteroatoms. The van der Waals surface area contributed by atoms with Gasteiger partial charge in [0.15, 0.2) is 11.5 Å². The number of halogens is 1. The molecule has 0 radical (unpaired) electrons. The van der Waals surface area contributed by atoms with Crippen molar-refractivity contribution in [1.29, 1.82) is 0 Å². The Bertz CT molecular complexity index is 433. The monoisotopic (exact) mass is 317 g/mol. The summed E-state index contributed by atoms with van der Waals surface area (Å²) >= 11 is 0. The minimum atomic E-state index is -0.225. The maximum absolute atomic E-state index is 12.1. The Morgan fingerprint density at radius 1 is 1.52 bits per heavy atom. The lowest BCUT2D eigenvalue weighted by molar-refractivity contribution is 0.0905. The van der Waals surface area contributed by atoms with Crippen LogP contribution >= 0.6 is 12.4 Å². The van der Waals surface area contributed by atoms with Gasteiger partial charge in [-0.3, -0.25) is 4.79 Å². The van der Waals surface area contributed by atoms with Gasteiger partial charge in [0.05, 0.1) is 0 Å². The van der Waals surface area contributed by atoms with Gasteiger partial charge in [-0.05, 0) is 18.8 Å².